The van der Waals surface area contributed by atoms with Crippen molar-refractivity contribution in [3.8, 4) is 0 Å². The topological polar surface area (TPSA) is 78.9 Å². The number of hydrogen-bond donors (Lipinski definition) is 3. The molecule has 0 radical (unpaired) electrons. The molecule has 1 aliphatic rings. The zero-order valence-electron chi connectivity index (χ0n) is 10.8. The average molecular weight is 249 g/mol. The smallest absolute Gasteiger partial charge is 0.220 e. The van der Waals surface area contributed by atoms with Gasteiger partial charge in [0.1, 0.15) is 17.5 Å². The predicted molar refractivity (Wildman–Crippen MR) is 70.6 cm³/mol. The van der Waals surface area contributed by atoms with Crippen LogP contribution in [0.1, 0.15) is 25.6 Å². The van der Waals surface area contributed by atoms with Crippen molar-refractivity contribution in [2.24, 2.45) is 0 Å². The first-order valence-electron chi connectivity index (χ1n) is 6.30. The van der Waals surface area contributed by atoms with Crippen LogP contribution in [0.5, 0.6) is 0 Å². The lowest BCUT2D eigenvalue weighted by molar-refractivity contribution is -0.119. The Labute approximate surface area is 107 Å². The minimum atomic E-state index is 0.134. The summed E-state index contributed by atoms with van der Waals surface area (Å²) < 4.78 is 0. The fourth-order valence-electron chi connectivity index (χ4n) is 1.93. The number of anilines is 2. The highest BCUT2D eigenvalue weighted by atomic mass is 16.1. The predicted octanol–water partition coefficient (Wildman–Crippen LogP) is 0.771. The van der Waals surface area contributed by atoms with Crippen LogP contribution in [0.2, 0.25) is 0 Å². The van der Waals surface area contributed by atoms with Crippen LogP contribution in [0.3, 0.4) is 0 Å². The van der Waals surface area contributed by atoms with Crippen molar-refractivity contribution in [1.82, 2.24) is 15.3 Å². The second-order valence-corrected chi connectivity index (χ2v) is 4.34. The number of nitrogens with zero attached hydrogens (tertiary/aromatic N) is 2. The van der Waals surface area contributed by atoms with Crippen molar-refractivity contribution < 1.29 is 4.79 Å². The molecule has 0 aliphatic carbocycles. The van der Waals surface area contributed by atoms with Crippen LogP contribution >= 0.6 is 0 Å². The molecule has 98 valence electrons. The van der Waals surface area contributed by atoms with Crippen LogP contribution in [0.25, 0.3) is 0 Å². The summed E-state index contributed by atoms with van der Waals surface area (Å²) in [6, 6.07) is 2.08. The van der Waals surface area contributed by atoms with E-state index in [-0.39, 0.29) is 11.9 Å². The van der Waals surface area contributed by atoms with Crippen LogP contribution in [0.4, 0.5) is 11.6 Å². The molecule has 1 aromatic heterocycles. The van der Waals surface area contributed by atoms with E-state index in [1.165, 1.54) is 0 Å². The quantitative estimate of drug-likeness (QED) is 0.718. The van der Waals surface area contributed by atoms with Crippen molar-refractivity contribution in [3.05, 3.63) is 11.9 Å². The van der Waals surface area contributed by atoms with Crippen LogP contribution in [-0.4, -0.2) is 35.5 Å². The molecule has 1 amide bonds. The minimum Gasteiger partial charge on any atom is -0.373 e. The Kier molecular flexibility index (Phi) is 3.96. The van der Waals surface area contributed by atoms with Gasteiger partial charge in [0, 0.05) is 38.5 Å². The number of nitrogens with one attached hydrogen (secondary N) is 3. The Morgan fingerprint density at radius 1 is 1.44 bits per heavy atom. The molecule has 1 saturated heterocycles. The van der Waals surface area contributed by atoms with E-state index in [4.69, 9.17) is 0 Å². The molecule has 0 saturated carbocycles. The van der Waals surface area contributed by atoms with Gasteiger partial charge in [0.2, 0.25) is 5.91 Å². The van der Waals surface area contributed by atoms with Gasteiger partial charge in [0.15, 0.2) is 0 Å². The van der Waals surface area contributed by atoms with Gasteiger partial charge < -0.3 is 16.0 Å². The Hall–Kier alpha value is -1.85. The third-order valence-electron chi connectivity index (χ3n) is 2.96. The van der Waals surface area contributed by atoms with Crippen LogP contribution < -0.4 is 16.0 Å². The molecular formula is C12H19N5O. The molecule has 0 bridgehead atoms. The highest BCUT2D eigenvalue weighted by molar-refractivity contribution is 5.78. The molecule has 1 unspecified atom stereocenters. The fraction of sp³-hybridized carbons (Fsp3) is 0.583. The van der Waals surface area contributed by atoms with Gasteiger partial charge in [-0.15, -0.1) is 0 Å². The Morgan fingerprint density at radius 3 is 2.83 bits per heavy atom. The van der Waals surface area contributed by atoms with Crippen molar-refractivity contribution in [1.29, 1.82) is 0 Å². The van der Waals surface area contributed by atoms with E-state index in [2.05, 4.69) is 25.9 Å². The molecule has 6 heteroatoms. The van der Waals surface area contributed by atoms with Crippen molar-refractivity contribution in [2.75, 3.05) is 24.2 Å². The second kappa shape index (κ2) is 5.66. The lowest BCUT2D eigenvalue weighted by Crippen LogP contribution is -2.32. The van der Waals surface area contributed by atoms with E-state index in [9.17, 15) is 4.79 Å². The summed E-state index contributed by atoms with van der Waals surface area (Å²) in [5.41, 5.74) is 0. The SMILES string of the molecule is CCc1nc(NC)cc(NCC2CCC(=O)N2)n1. The number of rotatable bonds is 5. The van der Waals surface area contributed by atoms with Crippen molar-refractivity contribution in [2.45, 2.75) is 32.2 Å². The van der Waals surface area contributed by atoms with Gasteiger partial charge >= 0.3 is 0 Å². The average Bonchev–Trinajstić information content (AvgIpc) is 2.81. The van der Waals surface area contributed by atoms with Gasteiger partial charge in [-0.05, 0) is 6.42 Å². The van der Waals surface area contributed by atoms with E-state index in [1.54, 1.807) is 0 Å². The highest BCUT2D eigenvalue weighted by Gasteiger charge is 2.20. The summed E-state index contributed by atoms with van der Waals surface area (Å²) in [5.74, 6) is 2.54. The van der Waals surface area contributed by atoms with Gasteiger partial charge in [0.05, 0.1) is 0 Å². The van der Waals surface area contributed by atoms with Gasteiger partial charge in [-0.1, -0.05) is 6.92 Å². The minimum absolute atomic E-state index is 0.134. The van der Waals surface area contributed by atoms with Gasteiger partial charge in [-0.25, -0.2) is 9.97 Å². The maximum absolute atomic E-state index is 11.1. The summed E-state index contributed by atoms with van der Waals surface area (Å²) >= 11 is 0. The third kappa shape index (κ3) is 3.09. The molecule has 0 aromatic carbocycles. The van der Waals surface area contributed by atoms with E-state index in [0.29, 0.717) is 13.0 Å². The zero-order valence-corrected chi connectivity index (χ0v) is 10.8. The summed E-state index contributed by atoms with van der Waals surface area (Å²) in [6.45, 7) is 2.73. The Balaban J connectivity index is 1.97. The molecule has 6 nitrogen and oxygen atoms in total. The summed E-state index contributed by atoms with van der Waals surface area (Å²) in [5, 5.41) is 9.19. The first-order valence-corrected chi connectivity index (χ1v) is 6.30. The second-order valence-electron chi connectivity index (χ2n) is 4.34. The van der Waals surface area contributed by atoms with Crippen LogP contribution in [0, 0.1) is 0 Å². The van der Waals surface area contributed by atoms with Crippen LogP contribution in [0.15, 0.2) is 6.07 Å². The van der Waals surface area contributed by atoms with E-state index in [1.807, 2.05) is 20.0 Å². The third-order valence-corrected chi connectivity index (χ3v) is 2.96. The standard InChI is InChI=1S/C12H19N5O/c1-3-9-16-10(13-2)6-11(17-9)14-7-8-4-5-12(18)15-8/h6,8H,3-5,7H2,1-2H3,(H,15,18)(H2,13,14,16,17). The molecule has 1 atom stereocenters. The monoisotopic (exact) mass is 249 g/mol. The number of aromatic nitrogens is 2. The molecular weight excluding hydrogens is 230 g/mol. The van der Waals surface area contributed by atoms with Gasteiger partial charge in [-0.3, -0.25) is 4.79 Å². The number of aryl methyl sites for hydroxylation is 1. The number of carbonyl (C=O) groups excluding carboxylic acids is 1. The van der Waals surface area contributed by atoms with E-state index in [0.717, 1.165) is 30.3 Å². The Morgan fingerprint density at radius 2 is 2.22 bits per heavy atom. The molecule has 1 aromatic rings. The fourth-order valence-corrected chi connectivity index (χ4v) is 1.93. The molecule has 18 heavy (non-hydrogen) atoms. The van der Waals surface area contributed by atoms with Gasteiger partial charge in [-0.2, -0.15) is 0 Å². The van der Waals surface area contributed by atoms with Crippen molar-refractivity contribution in [3.63, 3.8) is 0 Å². The molecule has 3 N–H and O–H groups in total. The molecule has 0 spiro atoms. The lowest BCUT2D eigenvalue weighted by atomic mass is 10.2. The van der Waals surface area contributed by atoms with Crippen molar-refractivity contribution >= 4 is 17.5 Å². The highest BCUT2D eigenvalue weighted by Crippen LogP contribution is 2.13. The lowest BCUT2D eigenvalue weighted by Gasteiger charge is -2.13. The summed E-state index contributed by atoms with van der Waals surface area (Å²) in [4.78, 5) is 19.8. The largest absolute Gasteiger partial charge is 0.373 e. The molecule has 2 rings (SSSR count). The first-order chi connectivity index (χ1) is 8.71. The maximum atomic E-state index is 11.1. The Bertz CT molecular complexity index is 412. The first kappa shape index (κ1) is 12.6. The maximum Gasteiger partial charge on any atom is 0.220 e. The van der Waals surface area contributed by atoms with Gasteiger partial charge in [0.25, 0.3) is 0 Å². The molecule has 1 aliphatic heterocycles. The number of hydrogen-bond acceptors (Lipinski definition) is 5. The summed E-state index contributed by atoms with van der Waals surface area (Å²) in [7, 11) is 1.84. The normalized spacial score (nSPS) is 18.6. The zero-order chi connectivity index (χ0) is 13.0. The van der Waals surface area contributed by atoms with E-state index < -0.39 is 0 Å². The summed E-state index contributed by atoms with van der Waals surface area (Å²) in [6.07, 6.45) is 2.30. The molecule has 1 fully saturated rings. The van der Waals surface area contributed by atoms with Crippen LogP contribution in [-0.2, 0) is 11.2 Å². The van der Waals surface area contributed by atoms with E-state index >= 15 is 0 Å². The number of amides is 1. The number of carbonyl (C=O) groups is 1. The molecule has 2 heterocycles.